The summed E-state index contributed by atoms with van der Waals surface area (Å²) in [6.45, 7) is 0. The van der Waals surface area contributed by atoms with E-state index in [4.69, 9.17) is 4.74 Å². The minimum atomic E-state index is 0.804. The molecule has 3 aromatic heterocycles. The zero-order valence-corrected chi connectivity index (χ0v) is 12.5. The summed E-state index contributed by atoms with van der Waals surface area (Å²) in [6.07, 6.45) is 5.39. The summed E-state index contributed by atoms with van der Waals surface area (Å²) >= 11 is 0. The molecule has 0 fully saturated rings. The van der Waals surface area contributed by atoms with E-state index in [1.807, 2.05) is 59.2 Å². The van der Waals surface area contributed by atoms with Crippen molar-refractivity contribution in [3.8, 4) is 28.3 Å². The third-order valence-corrected chi connectivity index (χ3v) is 3.73. The van der Waals surface area contributed by atoms with Crippen LogP contribution >= 0.6 is 0 Å². The van der Waals surface area contributed by atoms with Crippen molar-refractivity contribution in [1.82, 2.24) is 19.6 Å². The van der Waals surface area contributed by atoms with Gasteiger partial charge in [0.1, 0.15) is 5.75 Å². The van der Waals surface area contributed by atoms with Gasteiger partial charge < -0.3 is 4.74 Å². The lowest BCUT2D eigenvalue weighted by Gasteiger charge is -2.05. The molecule has 0 saturated heterocycles. The van der Waals surface area contributed by atoms with Crippen molar-refractivity contribution in [1.29, 1.82) is 0 Å². The molecule has 0 spiro atoms. The molecule has 5 heteroatoms. The highest BCUT2D eigenvalue weighted by atomic mass is 16.5. The standard InChI is InChI=1S/C18H14N4O/c1-23-14-7-5-13(6-8-14)15-12-21-22-17(9-11-20-18(15)22)16-4-2-3-10-19-16/h2-12H,1H3. The summed E-state index contributed by atoms with van der Waals surface area (Å²) < 4.78 is 7.03. The highest BCUT2D eigenvalue weighted by Crippen LogP contribution is 2.27. The molecule has 5 nitrogen and oxygen atoms in total. The first-order valence-electron chi connectivity index (χ1n) is 7.25. The molecular formula is C18H14N4O. The second kappa shape index (κ2) is 5.53. The smallest absolute Gasteiger partial charge is 0.163 e. The molecule has 0 aliphatic rings. The number of ether oxygens (including phenoxy) is 1. The summed E-state index contributed by atoms with van der Waals surface area (Å²) in [4.78, 5) is 8.89. The summed E-state index contributed by atoms with van der Waals surface area (Å²) in [5.74, 6) is 0.826. The van der Waals surface area contributed by atoms with Gasteiger partial charge in [-0.1, -0.05) is 18.2 Å². The van der Waals surface area contributed by atoms with E-state index in [1.54, 1.807) is 19.5 Å². The predicted molar refractivity (Wildman–Crippen MR) is 88.2 cm³/mol. The van der Waals surface area contributed by atoms with E-state index in [1.165, 1.54) is 0 Å². The SMILES string of the molecule is COc1ccc(-c2cnn3c(-c4ccccn4)ccnc23)cc1. The van der Waals surface area contributed by atoms with Crippen LogP contribution in [0, 0.1) is 0 Å². The lowest BCUT2D eigenvalue weighted by molar-refractivity contribution is 0.415. The van der Waals surface area contributed by atoms with Gasteiger partial charge in [0.2, 0.25) is 0 Å². The molecule has 0 aliphatic heterocycles. The van der Waals surface area contributed by atoms with Crippen LogP contribution in [-0.2, 0) is 0 Å². The molecule has 3 heterocycles. The number of benzene rings is 1. The van der Waals surface area contributed by atoms with Crippen LogP contribution in [-0.4, -0.2) is 26.7 Å². The van der Waals surface area contributed by atoms with Crippen LogP contribution in [0.3, 0.4) is 0 Å². The van der Waals surface area contributed by atoms with Gasteiger partial charge in [0.15, 0.2) is 5.65 Å². The molecule has 1 aromatic carbocycles. The zero-order valence-electron chi connectivity index (χ0n) is 12.5. The highest BCUT2D eigenvalue weighted by molar-refractivity contribution is 5.78. The number of pyridine rings is 1. The summed E-state index contributed by atoms with van der Waals surface area (Å²) in [5, 5.41) is 4.50. The normalized spacial score (nSPS) is 10.8. The van der Waals surface area contributed by atoms with Crippen LogP contribution in [0.25, 0.3) is 28.2 Å². The molecule has 23 heavy (non-hydrogen) atoms. The molecule has 0 bridgehead atoms. The Hall–Kier alpha value is -3.21. The van der Waals surface area contributed by atoms with Crippen molar-refractivity contribution in [2.24, 2.45) is 0 Å². The molecule has 0 N–H and O–H groups in total. The van der Waals surface area contributed by atoms with E-state index in [9.17, 15) is 0 Å². The van der Waals surface area contributed by atoms with Crippen molar-refractivity contribution in [2.45, 2.75) is 0 Å². The topological polar surface area (TPSA) is 52.3 Å². The Morgan fingerprint density at radius 1 is 0.913 bits per heavy atom. The highest BCUT2D eigenvalue weighted by Gasteiger charge is 2.12. The van der Waals surface area contributed by atoms with Gasteiger partial charge in [-0.05, 0) is 35.9 Å². The predicted octanol–water partition coefficient (Wildman–Crippen LogP) is 3.47. The molecule has 0 radical (unpaired) electrons. The molecule has 0 saturated carbocycles. The van der Waals surface area contributed by atoms with E-state index in [0.717, 1.165) is 33.9 Å². The van der Waals surface area contributed by atoms with Gasteiger partial charge in [0.25, 0.3) is 0 Å². The van der Waals surface area contributed by atoms with Gasteiger partial charge in [0.05, 0.1) is 24.7 Å². The van der Waals surface area contributed by atoms with Crippen LogP contribution in [0.2, 0.25) is 0 Å². The summed E-state index contributed by atoms with van der Waals surface area (Å²) in [5.41, 5.74) is 4.61. The van der Waals surface area contributed by atoms with E-state index in [-0.39, 0.29) is 0 Å². The maximum atomic E-state index is 5.21. The Labute approximate surface area is 133 Å². The lowest BCUT2D eigenvalue weighted by atomic mass is 10.1. The first-order valence-corrected chi connectivity index (χ1v) is 7.25. The first kappa shape index (κ1) is 13.5. The van der Waals surface area contributed by atoms with Crippen molar-refractivity contribution in [3.05, 3.63) is 67.1 Å². The third-order valence-electron chi connectivity index (χ3n) is 3.73. The Morgan fingerprint density at radius 2 is 1.78 bits per heavy atom. The second-order valence-corrected chi connectivity index (χ2v) is 5.07. The molecule has 0 aliphatic carbocycles. The van der Waals surface area contributed by atoms with E-state index in [0.29, 0.717) is 0 Å². The van der Waals surface area contributed by atoms with Crippen molar-refractivity contribution in [3.63, 3.8) is 0 Å². The van der Waals surface area contributed by atoms with E-state index in [2.05, 4.69) is 15.1 Å². The molecule has 0 amide bonds. The average Bonchev–Trinajstić information content (AvgIpc) is 3.06. The van der Waals surface area contributed by atoms with Crippen LogP contribution in [0.1, 0.15) is 0 Å². The molecule has 4 aromatic rings. The maximum Gasteiger partial charge on any atom is 0.163 e. The number of rotatable bonds is 3. The maximum absolute atomic E-state index is 5.21. The molecule has 0 unspecified atom stereocenters. The van der Waals surface area contributed by atoms with Crippen molar-refractivity contribution >= 4 is 5.65 Å². The zero-order chi connectivity index (χ0) is 15.6. The number of hydrogen-bond acceptors (Lipinski definition) is 4. The number of fused-ring (bicyclic) bond motifs is 1. The van der Waals surface area contributed by atoms with Crippen molar-refractivity contribution in [2.75, 3.05) is 7.11 Å². The monoisotopic (exact) mass is 302 g/mol. The van der Waals surface area contributed by atoms with Gasteiger partial charge in [-0.15, -0.1) is 0 Å². The van der Waals surface area contributed by atoms with Crippen LogP contribution in [0.4, 0.5) is 0 Å². The number of nitrogens with zero attached hydrogens (tertiary/aromatic N) is 4. The molecular weight excluding hydrogens is 288 g/mol. The van der Waals surface area contributed by atoms with Gasteiger partial charge >= 0.3 is 0 Å². The van der Waals surface area contributed by atoms with E-state index < -0.39 is 0 Å². The largest absolute Gasteiger partial charge is 0.497 e. The molecule has 4 rings (SSSR count). The van der Waals surface area contributed by atoms with Gasteiger partial charge in [0, 0.05) is 18.0 Å². The first-order chi connectivity index (χ1) is 11.4. The second-order valence-electron chi connectivity index (χ2n) is 5.07. The fraction of sp³-hybridized carbons (Fsp3) is 0.0556. The van der Waals surface area contributed by atoms with Gasteiger partial charge in [-0.3, -0.25) is 4.98 Å². The number of aromatic nitrogens is 4. The Balaban J connectivity index is 1.87. The van der Waals surface area contributed by atoms with Crippen LogP contribution < -0.4 is 4.74 Å². The molecule has 0 atom stereocenters. The number of methoxy groups -OCH3 is 1. The quantitative estimate of drug-likeness (QED) is 0.581. The van der Waals surface area contributed by atoms with E-state index >= 15 is 0 Å². The molecule has 112 valence electrons. The number of hydrogen-bond donors (Lipinski definition) is 0. The fourth-order valence-corrected chi connectivity index (χ4v) is 2.57. The minimum absolute atomic E-state index is 0.804. The van der Waals surface area contributed by atoms with Crippen LogP contribution in [0.15, 0.2) is 67.1 Å². The Kier molecular flexibility index (Phi) is 3.24. The summed E-state index contributed by atoms with van der Waals surface area (Å²) in [6, 6.07) is 15.6. The third kappa shape index (κ3) is 2.32. The Morgan fingerprint density at radius 3 is 2.52 bits per heavy atom. The fourth-order valence-electron chi connectivity index (χ4n) is 2.57. The van der Waals surface area contributed by atoms with Gasteiger partial charge in [-0.25, -0.2) is 9.50 Å². The van der Waals surface area contributed by atoms with Crippen molar-refractivity contribution < 1.29 is 4.74 Å². The average molecular weight is 302 g/mol. The Bertz CT molecular complexity index is 946. The van der Waals surface area contributed by atoms with Gasteiger partial charge in [-0.2, -0.15) is 5.10 Å². The van der Waals surface area contributed by atoms with Crippen LogP contribution in [0.5, 0.6) is 5.75 Å². The lowest BCUT2D eigenvalue weighted by Crippen LogP contribution is -1.96. The minimum Gasteiger partial charge on any atom is -0.497 e. The summed E-state index contributed by atoms with van der Waals surface area (Å²) in [7, 11) is 1.66.